The molecule has 3 aromatic rings. The average Bonchev–Trinajstić information content (AvgIpc) is 3.05. The molecule has 0 spiro atoms. The molecule has 1 aromatic heterocycles. The number of carbonyl (C=O) groups is 1. The first-order valence-electron chi connectivity index (χ1n) is 10.7. The SMILES string of the molecule is CCOc1cc2c(cc1OCC)C(=O)C(Cc1cc[n+](Cc3ccccc3)cc1)C2.[Cl-]. The molecule has 31 heavy (non-hydrogen) atoms. The second-order valence-corrected chi connectivity index (χ2v) is 7.66. The number of ether oxygens (including phenoxy) is 2. The Morgan fingerprint density at radius 2 is 1.55 bits per heavy atom. The molecule has 0 radical (unpaired) electrons. The Kier molecular flexibility index (Phi) is 7.69. The number of ketones is 1. The lowest BCUT2D eigenvalue weighted by atomic mass is 9.96. The maximum atomic E-state index is 13.0. The molecule has 0 N–H and O–H groups in total. The summed E-state index contributed by atoms with van der Waals surface area (Å²) in [4.78, 5) is 13.0. The lowest BCUT2D eigenvalue weighted by Crippen LogP contribution is -3.00. The van der Waals surface area contributed by atoms with E-state index in [4.69, 9.17) is 9.47 Å². The van der Waals surface area contributed by atoms with Gasteiger partial charge in [0.25, 0.3) is 0 Å². The van der Waals surface area contributed by atoms with Gasteiger partial charge in [0, 0.05) is 29.2 Å². The number of benzene rings is 2. The number of nitrogens with zero attached hydrogens (tertiary/aromatic N) is 1. The van der Waals surface area contributed by atoms with Gasteiger partial charge >= 0.3 is 0 Å². The standard InChI is InChI=1S/C26H28NO3.ClH/c1-3-29-24-16-21-15-22(26(28)23(21)17-25(24)30-4-2)14-19-10-12-27(13-11-19)18-20-8-6-5-7-9-20;/h5-13,16-17,22H,3-4,14-15,18H2,1-2H3;1H/q+1;/p-1. The van der Waals surface area contributed by atoms with Crippen molar-refractivity contribution in [2.75, 3.05) is 13.2 Å². The van der Waals surface area contributed by atoms with Gasteiger partial charge in [0.2, 0.25) is 0 Å². The van der Waals surface area contributed by atoms with Crippen molar-refractivity contribution in [3.63, 3.8) is 0 Å². The number of rotatable bonds is 8. The van der Waals surface area contributed by atoms with Crippen molar-refractivity contribution < 1.29 is 31.2 Å². The van der Waals surface area contributed by atoms with Crippen molar-refractivity contribution in [3.05, 3.63) is 89.2 Å². The van der Waals surface area contributed by atoms with E-state index in [9.17, 15) is 4.79 Å². The first kappa shape index (κ1) is 22.8. The van der Waals surface area contributed by atoms with Crippen molar-refractivity contribution in [1.82, 2.24) is 0 Å². The average molecular weight is 438 g/mol. The second kappa shape index (κ2) is 10.5. The molecule has 162 valence electrons. The summed E-state index contributed by atoms with van der Waals surface area (Å²) >= 11 is 0. The Morgan fingerprint density at radius 3 is 2.19 bits per heavy atom. The van der Waals surface area contributed by atoms with Gasteiger partial charge in [-0.05, 0) is 49.9 Å². The summed E-state index contributed by atoms with van der Waals surface area (Å²) in [6, 6.07) is 18.5. The van der Waals surface area contributed by atoms with Crippen molar-refractivity contribution in [2.45, 2.75) is 33.2 Å². The zero-order valence-corrected chi connectivity index (χ0v) is 18.8. The second-order valence-electron chi connectivity index (χ2n) is 7.66. The summed E-state index contributed by atoms with van der Waals surface area (Å²) in [5, 5.41) is 0. The van der Waals surface area contributed by atoms with Gasteiger partial charge in [0.1, 0.15) is 0 Å². The predicted octanol–water partition coefficient (Wildman–Crippen LogP) is 1.42. The largest absolute Gasteiger partial charge is 1.00 e. The van der Waals surface area contributed by atoms with Crippen molar-refractivity contribution in [2.24, 2.45) is 5.92 Å². The van der Waals surface area contributed by atoms with Crippen molar-refractivity contribution >= 4 is 5.78 Å². The maximum Gasteiger partial charge on any atom is 0.173 e. The van der Waals surface area contributed by atoms with Crippen molar-refractivity contribution in [3.8, 4) is 11.5 Å². The zero-order chi connectivity index (χ0) is 20.9. The summed E-state index contributed by atoms with van der Waals surface area (Å²) in [7, 11) is 0. The molecule has 1 heterocycles. The summed E-state index contributed by atoms with van der Waals surface area (Å²) in [5.41, 5.74) is 4.29. The fourth-order valence-electron chi connectivity index (χ4n) is 4.09. The Bertz CT molecular complexity index is 1020. The molecular weight excluding hydrogens is 410 g/mol. The normalized spacial score (nSPS) is 14.6. The highest BCUT2D eigenvalue weighted by atomic mass is 35.5. The molecule has 4 rings (SSSR count). The van der Waals surface area contributed by atoms with Crippen molar-refractivity contribution in [1.29, 1.82) is 0 Å². The highest BCUT2D eigenvalue weighted by molar-refractivity contribution is 6.03. The van der Waals surface area contributed by atoms with Crippen LogP contribution in [0.15, 0.2) is 67.0 Å². The molecule has 4 nitrogen and oxygen atoms in total. The smallest absolute Gasteiger partial charge is 0.173 e. The van der Waals surface area contributed by atoms with Gasteiger partial charge in [-0.1, -0.05) is 30.3 Å². The highest BCUT2D eigenvalue weighted by Crippen LogP contribution is 2.38. The summed E-state index contributed by atoms with van der Waals surface area (Å²) < 4.78 is 13.6. The van der Waals surface area contributed by atoms with E-state index < -0.39 is 0 Å². The monoisotopic (exact) mass is 437 g/mol. The van der Waals surface area contributed by atoms with Crippen LogP contribution in [0, 0.1) is 5.92 Å². The number of hydrogen-bond donors (Lipinski definition) is 0. The highest BCUT2D eigenvalue weighted by Gasteiger charge is 2.32. The van der Waals surface area contributed by atoms with Crippen LogP contribution in [-0.4, -0.2) is 19.0 Å². The minimum absolute atomic E-state index is 0. The fraction of sp³-hybridized carbons (Fsp3) is 0.308. The molecule has 5 heteroatoms. The third-order valence-corrected chi connectivity index (χ3v) is 5.52. The predicted molar refractivity (Wildman–Crippen MR) is 116 cm³/mol. The van der Waals surface area contributed by atoms with Crippen LogP contribution >= 0.6 is 0 Å². The molecule has 0 saturated heterocycles. The number of carbonyl (C=O) groups excluding carboxylic acids is 1. The summed E-state index contributed by atoms with van der Waals surface area (Å²) in [6.07, 6.45) is 5.68. The Labute approximate surface area is 190 Å². The lowest BCUT2D eigenvalue weighted by molar-refractivity contribution is -0.688. The van der Waals surface area contributed by atoms with E-state index in [0.717, 1.165) is 36.3 Å². The molecule has 0 aliphatic heterocycles. The van der Waals surface area contributed by atoms with Crippen LogP contribution in [0.5, 0.6) is 11.5 Å². The van der Waals surface area contributed by atoms with Gasteiger partial charge in [-0.15, -0.1) is 0 Å². The first-order chi connectivity index (χ1) is 14.7. The molecule has 1 aliphatic carbocycles. The van der Waals surface area contributed by atoms with E-state index in [0.29, 0.717) is 19.0 Å². The first-order valence-corrected chi connectivity index (χ1v) is 10.7. The van der Waals surface area contributed by atoms with Crippen LogP contribution in [-0.2, 0) is 19.4 Å². The van der Waals surface area contributed by atoms with Gasteiger partial charge in [0.05, 0.1) is 13.2 Å². The number of halogens is 1. The zero-order valence-electron chi connectivity index (χ0n) is 18.0. The Balaban J connectivity index is 0.00000272. The molecule has 1 unspecified atom stereocenters. The van der Waals surface area contributed by atoms with Gasteiger partial charge in [0.15, 0.2) is 36.2 Å². The number of aromatic nitrogens is 1. The van der Waals surface area contributed by atoms with E-state index >= 15 is 0 Å². The van der Waals surface area contributed by atoms with E-state index in [1.807, 2.05) is 32.0 Å². The molecular formula is C26H28ClNO3. The van der Waals surface area contributed by atoms with E-state index in [1.54, 1.807) is 0 Å². The maximum absolute atomic E-state index is 13.0. The van der Waals surface area contributed by atoms with Gasteiger partial charge < -0.3 is 21.9 Å². The minimum Gasteiger partial charge on any atom is -1.00 e. The van der Waals surface area contributed by atoms with Crippen LogP contribution in [0.1, 0.15) is 40.9 Å². The molecule has 1 atom stereocenters. The van der Waals surface area contributed by atoms with Crippen LogP contribution in [0.25, 0.3) is 0 Å². The molecule has 0 saturated carbocycles. The van der Waals surface area contributed by atoms with Crippen LogP contribution in [0.2, 0.25) is 0 Å². The van der Waals surface area contributed by atoms with Gasteiger partial charge in [-0.3, -0.25) is 4.79 Å². The third-order valence-electron chi connectivity index (χ3n) is 5.52. The van der Waals surface area contributed by atoms with E-state index in [2.05, 4.69) is 53.4 Å². The summed E-state index contributed by atoms with van der Waals surface area (Å²) in [5.74, 6) is 1.56. The number of hydrogen-bond acceptors (Lipinski definition) is 3. The van der Waals surface area contributed by atoms with Gasteiger partial charge in [-0.25, -0.2) is 4.57 Å². The van der Waals surface area contributed by atoms with E-state index in [1.165, 1.54) is 11.1 Å². The molecule has 2 aromatic carbocycles. The quantitative estimate of drug-likeness (QED) is 0.500. The number of fused-ring (bicyclic) bond motifs is 1. The number of pyridine rings is 1. The Morgan fingerprint density at radius 1 is 0.903 bits per heavy atom. The van der Waals surface area contributed by atoms with Crippen LogP contribution in [0.3, 0.4) is 0 Å². The molecule has 0 bridgehead atoms. The number of Topliss-reactive ketones (excluding diaryl/α,β-unsaturated/α-hetero) is 1. The third kappa shape index (κ3) is 5.26. The lowest BCUT2D eigenvalue weighted by Gasteiger charge is -2.12. The fourth-order valence-corrected chi connectivity index (χ4v) is 4.09. The van der Waals surface area contributed by atoms with Gasteiger partial charge in [-0.2, -0.15) is 0 Å². The topological polar surface area (TPSA) is 39.4 Å². The summed E-state index contributed by atoms with van der Waals surface area (Å²) in [6.45, 7) is 5.85. The molecule has 0 fully saturated rings. The minimum atomic E-state index is -0.0312. The van der Waals surface area contributed by atoms with Crippen LogP contribution in [0.4, 0.5) is 0 Å². The molecule has 0 amide bonds. The Hall–Kier alpha value is -2.85. The van der Waals surface area contributed by atoms with E-state index in [-0.39, 0.29) is 24.1 Å². The van der Waals surface area contributed by atoms with Crippen LogP contribution < -0.4 is 26.4 Å². The molecule has 1 aliphatic rings.